The molecule has 1 amide bonds. The highest BCUT2D eigenvalue weighted by Crippen LogP contribution is 2.25. The van der Waals surface area contributed by atoms with Crippen LogP contribution < -0.4 is 10.1 Å². The van der Waals surface area contributed by atoms with E-state index in [1.54, 1.807) is 18.2 Å². The fourth-order valence-corrected chi connectivity index (χ4v) is 2.83. The van der Waals surface area contributed by atoms with Crippen molar-refractivity contribution in [1.82, 2.24) is 0 Å². The summed E-state index contributed by atoms with van der Waals surface area (Å²) in [5.74, 6) is -0.474. The lowest BCUT2D eigenvalue weighted by molar-refractivity contribution is -0.149. The smallest absolute Gasteiger partial charge is 0.344 e. The number of nitriles is 1. The molecule has 2 aromatic rings. The Morgan fingerprint density at radius 1 is 1.08 bits per heavy atom. The van der Waals surface area contributed by atoms with E-state index < -0.39 is 18.5 Å². The number of carbonyl (C=O) groups is 2. The van der Waals surface area contributed by atoms with Crippen LogP contribution in [0.1, 0.15) is 23.1 Å². The van der Waals surface area contributed by atoms with Crippen molar-refractivity contribution in [2.75, 3.05) is 18.5 Å². The third kappa shape index (κ3) is 4.61. The Balaban J connectivity index is 1.42. The predicted molar refractivity (Wildman–Crippen MR) is 94.7 cm³/mol. The fraction of sp³-hybridized carbons (Fsp3) is 0.250. The molecule has 1 N–H and O–H groups in total. The van der Waals surface area contributed by atoms with Gasteiger partial charge in [0.1, 0.15) is 5.75 Å². The summed E-state index contributed by atoms with van der Waals surface area (Å²) in [6, 6.07) is 14.3. The van der Waals surface area contributed by atoms with Gasteiger partial charge < -0.3 is 14.8 Å². The van der Waals surface area contributed by atoms with Gasteiger partial charge in [0, 0.05) is 5.69 Å². The van der Waals surface area contributed by atoms with E-state index in [1.165, 1.54) is 17.2 Å². The van der Waals surface area contributed by atoms with E-state index >= 15 is 0 Å². The van der Waals surface area contributed by atoms with Gasteiger partial charge in [0.15, 0.2) is 13.2 Å². The molecule has 0 fully saturated rings. The third-order valence-corrected chi connectivity index (χ3v) is 4.07. The SMILES string of the molecule is N#Cc1cccc(NC(=O)COC(=O)COc2ccc3c(c2)CCC3)c1. The van der Waals surface area contributed by atoms with Crippen molar-refractivity contribution in [3.63, 3.8) is 0 Å². The Kier molecular flexibility index (Phi) is 5.49. The fourth-order valence-electron chi connectivity index (χ4n) is 2.83. The number of hydrogen-bond acceptors (Lipinski definition) is 5. The summed E-state index contributed by atoms with van der Waals surface area (Å²) < 4.78 is 10.3. The number of rotatable bonds is 6. The summed E-state index contributed by atoms with van der Waals surface area (Å²) in [6.45, 7) is -0.668. The molecule has 0 saturated carbocycles. The number of anilines is 1. The Hall–Kier alpha value is -3.33. The number of esters is 1. The van der Waals surface area contributed by atoms with Crippen LogP contribution in [0, 0.1) is 11.3 Å². The van der Waals surface area contributed by atoms with Gasteiger partial charge in [-0.15, -0.1) is 0 Å². The van der Waals surface area contributed by atoms with Gasteiger partial charge in [0.05, 0.1) is 11.6 Å². The van der Waals surface area contributed by atoms with Gasteiger partial charge in [0.2, 0.25) is 0 Å². The summed E-state index contributed by atoms with van der Waals surface area (Å²) >= 11 is 0. The van der Waals surface area contributed by atoms with Crippen LogP contribution in [0.15, 0.2) is 42.5 Å². The van der Waals surface area contributed by atoms with Crippen LogP contribution in [0.3, 0.4) is 0 Å². The van der Waals surface area contributed by atoms with Crippen molar-refractivity contribution in [2.24, 2.45) is 0 Å². The number of nitrogens with one attached hydrogen (secondary N) is 1. The topological polar surface area (TPSA) is 88.4 Å². The minimum atomic E-state index is -0.619. The zero-order chi connectivity index (χ0) is 18.4. The Morgan fingerprint density at radius 3 is 2.77 bits per heavy atom. The molecule has 0 bridgehead atoms. The highest BCUT2D eigenvalue weighted by Gasteiger charge is 2.13. The standard InChI is InChI=1S/C20H18N2O4/c21-11-14-3-1-6-17(9-14)22-19(23)12-26-20(24)13-25-18-8-7-15-4-2-5-16(15)10-18/h1,3,6-10H,2,4-5,12-13H2,(H,22,23). The molecule has 0 unspecified atom stereocenters. The molecule has 132 valence electrons. The molecule has 0 radical (unpaired) electrons. The van der Waals surface area contributed by atoms with Crippen LogP contribution in [0.4, 0.5) is 5.69 Å². The van der Waals surface area contributed by atoms with Crippen molar-refractivity contribution < 1.29 is 19.1 Å². The normalized spacial score (nSPS) is 12.0. The van der Waals surface area contributed by atoms with Crippen molar-refractivity contribution in [2.45, 2.75) is 19.3 Å². The highest BCUT2D eigenvalue weighted by molar-refractivity contribution is 5.93. The van der Waals surface area contributed by atoms with Crippen LogP contribution in [-0.4, -0.2) is 25.1 Å². The van der Waals surface area contributed by atoms with E-state index in [4.69, 9.17) is 14.7 Å². The van der Waals surface area contributed by atoms with E-state index in [0.717, 1.165) is 19.3 Å². The summed E-state index contributed by atoms with van der Waals surface area (Å²) in [5, 5.41) is 11.4. The molecular formula is C20H18N2O4. The Labute approximate surface area is 151 Å². The average Bonchev–Trinajstić information content (AvgIpc) is 3.12. The summed E-state index contributed by atoms with van der Waals surface area (Å²) in [6.07, 6.45) is 3.27. The van der Waals surface area contributed by atoms with Crippen molar-refractivity contribution in [3.8, 4) is 11.8 Å². The lowest BCUT2D eigenvalue weighted by Crippen LogP contribution is -2.23. The Bertz CT molecular complexity index is 870. The first kappa shape index (κ1) is 17.5. The number of benzene rings is 2. The van der Waals surface area contributed by atoms with Crippen molar-refractivity contribution in [3.05, 3.63) is 59.2 Å². The molecular weight excluding hydrogens is 332 g/mol. The minimum absolute atomic E-state index is 0.254. The Morgan fingerprint density at radius 2 is 1.92 bits per heavy atom. The monoisotopic (exact) mass is 350 g/mol. The number of carbonyl (C=O) groups excluding carboxylic acids is 2. The van der Waals surface area contributed by atoms with Gasteiger partial charge in [-0.2, -0.15) is 5.26 Å². The first-order valence-corrected chi connectivity index (χ1v) is 8.34. The number of amides is 1. The second-order valence-corrected chi connectivity index (χ2v) is 5.97. The summed E-state index contributed by atoms with van der Waals surface area (Å²) in [7, 11) is 0. The van der Waals surface area contributed by atoms with E-state index in [9.17, 15) is 9.59 Å². The lowest BCUT2D eigenvalue weighted by Gasteiger charge is -2.09. The maximum atomic E-state index is 11.8. The van der Waals surface area contributed by atoms with E-state index in [-0.39, 0.29) is 6.61 Å². The molecule has 1 aliphatic rings. The number of aryl methyl sites for hydroxylation is 2. The van der Waals surface area contributed by atoms with Gasteiger partial charge in [-0.1, -0.05) is 12.1 Å². The number of ether oxygens (including phenoxy) is 2. The van der Waals surface area contributed by atoms with Gasteiger partial charge in [-0.3, -0.25) is 4.79 Å². The van der Waals surface area contributed by atoms with Crippen LogP contribution in [0.2, 0.25) is 0 Å². The van der Waals surface area contributed by atoms with Gasteiger partial charge in [0.25, 0.3) is 5.91 Å². The zero-order valence-corrected chi connectivity index (χ0v) is 14.2. The van der Waals surface area contributed by atoms with Gasteiger partial charge in [-0.05, 0) is 60.7 Å². The van der Waals surface area contributed by atoms with Crippen LogP contribution >= 0.6 is 0 Å². The molecule has 0 heterocycles. The first-order chi connectivity index (χ1) is 12.6. The molecule has 6 nitrogen and oxygen atoms in total. The average molecular weight is 350 g/mol. The molecule has 6 heteroatoms. The molecule has 0 aliphatic heterocycles. The number of hydrogen-bond donors (Lipinski definition) is 1. The second kappa shape index (κ2) is 8.17. The van der Waals surface area contributed by atoms with Gasteiger partial charge >= 0.3 is 5.97 Å². The highest BCUT2D eigenvalue weighted by atomic mass is 16.6. The lowest BCUT2D eigenvalue weighted by atomic mass is 10.1. The molecule has 3 rings (SSSR count). The van der Waals surface area contributed by atoms with Crippen LogP contribution in [0.5, 0.6) is 5.75 Å². The van der Waals surface area contributed by atoms with E-state index in [2.05, 4.69) is 5.32 Å². The van der Waals surface area contributed by atoms with Crippen molar-refractivity contribution >= 4 is 17.6 Å². The maximum Gasteiger partial charge on any atom is 0.344 e. The van der Waals surface area contributed by atoms with Crippen LogP contribution in [0.25, 0.3) is 0 Å². The molecule has 0 atom stereocenters. The van der Waals surface area contributed by atoms with Crippen LogP contribution in [-0.2, 0) is 27.2 Å². The minimum Gasteiger partial charge on any atom is -0.482 e. The zero-order valence-electron chi connectivity index (χ0n) is 14.2. The number of nitrogens with zero attached hydrogens (tertiary/aromatic N) is 1. The molecule has 0 saturated heterocycles. The third-order valence-electron chi connectivity index (χ3n) is 4.07. The van der Waals surface area contributed by atoms with E-state index in [1.807, 2.05) is 24.3 Å². The van der Waals surface area contributed by atoms with Gasteiger partial charge in [-0.25, -0.2) is 4.79 Å². The maximum absolute atomic E-state index is 11.8. The molecule has 1 aliphatic carbocycles. The van der Waals surface area contributed by atoms with E-state index in [0.29, 0.717) is 17.0 Å². The number of fused-ring (bicyclic) bond motifs is 1. The quantitative estimate of drug-likeness (QED) is 0.809. The summed E-state index contributed by atoms with van der Waals surface area (Å²) in [4.78, 5) is 23.5. The molecule has 2 aromatic carbocycles. The first-order valence-electron chi connectivity index (χ1n) is 8.34. The summed E-state index contributed by atoms with van der Waals surface area (Å²) in [5.41, 5.74) is 3.49. The second-order valence-electron chi connectivity index (χ2n) is 5.97. The molecule has 0 spiro atoms. The predicted octanol–water partition coefficient (Wildman–Crippen LogP) is 2.61. The molecule has 0 aromatic heterocycles. The molecule has 26 heavy (non-hydrogen) atoms. The largest absolute Gasteiger partial charge is 0.482 e. The van der Waals surface area contributed by atoms with Crippen molar-refractivity contribution in [1.29, 1.82) is 5.26 Å².